The monoisotopic (exact) mass is 197 g/mol. The predicted molar refractivity (Wildman–Crippen MR) is 40.6 cm³/mol. The van der Waals surface area contributed by atoms with E-state index in [0.29, 0.717) is 0 Å². The van der Waals surface area contributed by atoms with E-state index in [-0.39, 0.29) is 6.61 Å². The van der Waals surface area contributed by atoms with Crippen molar-refractivity contribution in [1.29, 1.82) is 0 Å². The predicted octanol–water partition coefficient (Wildman–Crippen LogP) is -0.970. The van der Waals surface area contributed by atoms with E-state index in [1.165, 1.54) is 0 Å². The third-order valence-corrected chi connectivity index (χ3v) is 1.85. The molecule has 0 aliphatic heterocycles. The Balaban J connectivity index is 3.96. The highest BCUT2D eigenvalue weighted by molar-refractivity contribution is 7.90. The molecular formula is C5H11NO5S. The number of sulfonamides is 1. The first kappa shape index (κ1) is 11.3. The van der Waals surface area contributed by atoms with E-state index in [4.69, 9.17) is 0 Å². The third-order valence-electron chi connectivity index (χ3n) is 0.866. The number of ether oxygens (including phenoxy) is 1. The summed E-state index contributed by atoms with van der Waals surface area (Å²) in [4.78, 5) is 16.6. The molecule has 0 saturated carbocycles. The molecule has 7 heteroatoms. The summed E-state index contributed by atoms with van der Waals surface area (Å²) in [5, 5.41) is 0. The minimum atomic E-state index is -3.70. The summed E-state index contributed by atoms with van der Waals surface area (Å²) in [7, 11) is -2.59. The van der Waals surface area contributed by atoms with Crippen LogP contribution in [0, 0.1) is 0 Å². The third kappa shape index (κ3) is 5.05. The van der Waals surface area contributed by atoms with Gasteiger partial charge in [-0.2, -0.15) is 0 Å². The number of nitrogens with one attached hydrogen (secondary N) is 1. The number of methoxy groups -OCH3 is 1. The molecule has 0 bridgehead atoms. The van der Waals surface area contributed by atoms with Crippen LogP contribution < -0.4 is 4.89 Å². The first-order valence-corrected chi connectivity index (χ1v) is 4.85. The van der Waals surface area contributed by atoms with Crippen molar-refractivity contribution in [3.05, 3.63) is 0 Å². The van der Waals surface area contributed by atoms with Gasteiger partial charge in [0.05, 0.1) is 13.7 Å². The highest BCUT2D eigenvalue weighted by atomic mass is 32.2. The molecule has 0 aromatic carbocycles. The van der Waals surface area contributed by atoms with Gasteiger partial charge in [-0.25, -0.2) is 8.42 Å². The zero-order valence-corrected chi connectivity index (χ0v) is 7.68. The van der Waals surface area contributed by atoms with Crippen LogP contribution in [-0.4, -0.2) is 33.9 Å². The molecule has 0 heterocycles. The Labute approximate surface area is 70.9 Å². The van der Waals surface area contributed by atoms with Crippen molar-refractivity contribution < 1.29 is 22.8 Å². The van der Waals surface area contributed by atoms with E-state index >= 15 is 0 Å². The van der Waals surface area contributed by atoms with Crippen LogP contribution in [0.4, 0.5) is 0 Å². The SMILES string of the molecule is CCONS(=O)(=O)CC(=O)OC. The van der Waals surface area contributed by atoms with Crippen molar-refractivity contribution in [3.63, 3.8) is 0 Å². The average molecular weight is 197 g/mol. The van der Waals surface area contributed by atoms with Crippen LogP contribution in [0.3, 0.4) is 0 Å². The van der Waals surface area contributed by atoms with Crippen LogP contribution in [0.25, 0.3) is 0 Å². The number of rotatable bonds is 5. The summed E-state index contributed by atoms with van der Waals surface area (Å²) in [6.45, 7) is 1.81. The molecule has 72 valence electrons. The molecule has 0 amide bonds. The Bertz CT molecular complexity index is 234. The van der Waals surface area contributed by atoms with Gasteiger partial charge < -0.3 is 4.74 Å². The fourth-order valence-corrected chi connectivity index (χ4v) is 1.18. The van der Waals surface area contributed by atoms with Gasteiger partial charge in [-0.15, -0.1) is 0 Å². The summed E-state index contributed by atoms with van der Waals surface area (Å²) < 4.78 is 25.8. The van der Waals surface area contributed by atoms with Gasteiger partial charge in [-0.05, 0) is 6.92 Å². The fraction of sp³-hybridized carbons (Fsp3) is 0.800. The maximum atomic E-state index is 10.8. The molecule has 0 aromatic heterocycles. The van der Waals surface area contributed by atoms with Gasteiger partial charge in [0.15, 0.2) is 5.75 Å². The number of hydrogen-bond acceptors (Lipinski definition) is 5. The minimum absolute atomic E-state index is 0.195. The molecule has 0 rings (SSSR count). The fourth-order valence-electron chi connectivity index (χ4n) is 0.392. The zero-order chi connectivity index (χ0) is 9.61. The van der Waals surface area contributed by atoms with Crippen molar-refractivity contribution in [2.45, 2.75) is 6.92 Å². The Morgan fingerprint density at radius 3 is 2.50 bits per heavy atom. The highest BCUT2D eigenvalue weighted by Crippen LogP contribution is 1.86. The van der Waals surface area contributed by atoms with Crippen LogP contribution in [0.15, 0.2) is 0 Å². The van der Waals surface area contributed by atoms with Crippen molar-refractivity contribution >= 4 is 16.0 Å². The average Bonchev–Trinajstić information content (AvgIpc) is 2.00. The molecule has 6 nitrogen and oxygen atoms in total. The summed E-state index contributed by atoms with van der Waals surface area (Å²) >= 11 is 0. The second-order valence-corrected chi connectivity index (χ2v) is 3.54. The zero-order valence-electron chi connectivity index (χ0n) is 6.86. The Kier molecular flexibility index (Phi) is 4.79. The van der Waals surface area contributed by atoms with E-state index in [1.807, 2.05) is 0 Å². The quantitative estimate of drug-likeness (QED) is 0.453. The molecule has 0 atom stereocenters. The molecule has 0 aliphatic rings. The normalized spacial score (nSPS) is 11.2. The molecule has 0 unspecified atom stereocenters. The van der Waals surface area contributed by atoms with E-state index in [1.54, 1.807) is 11.8 Å². The van der Waals surface area contributed by atoms with Gasteiger partial charge in [-0.1, -0.05) is 4.89 Å². The minimum Gasteiger partial charge on any atom is -0.468 e. The molecule has 0 spiro atoms. The lowest BCUT2D eigenvalue weighted by molar-refractivity contribution is -0.137. The Morgan fingerprint density at radius 1 is 1.50 bits per heavy atom. The van der Waals surface area contributed by atoms with Gasteiger partial charge >= 0.3 is 5.97 Å². The van der Waals surface area contributed by atoms with Crippen LogP contribution in [-0.2, 0) is 24.4 Å². The van der Waals surface area contributed by atoms with E-state index in [2.05, 4.69) is 9.57 Å². The highest BCUT2D eigenvalue weighted by Gasteiger charge is 2.16. The smallest absolute Gasteiger partial charge is 0.322 e. The van der Waals surface area contributed by atoms with Gasteiger partial charge in [0.1, 0.15) is 0 Å². The van der Waals surface area contributed by atoms with Crippen molar-refractivity contribution in [2.24, 2.45) is 0 Å². The first-order valence-electron chi connectivity index (χ1n) is 3.20. The van der Waals surface area contributed by atoms with Crippen LogP contribution in [0.5, 0.6) is 0 Å². The van der Waals surface area contributed by atoms with Crippen molar-refractivity contribution in [2.75, 3.05) is 19.5 Å². The number of esters is 1. The summed E-state index contributed by atoms with van der Waals surface area (Å²) in [5.74, 6) is -1.56. The van der Waals surface area contributed by atoms with Crippen LogP contribution in [0.2, 0.25) is 0 Å². The second kappa shape index (κ2) is 5.07. The van der Waals surface area contributed by atoms with Gasteiger partial charge in [0.25, 0.3) is 0 Å². The number of carbonyl (C=O) groups is 1. The molecule has 1 N–H and O–H groups in total. The maximum Gasteiger partial charge on any atom is 0.322 e. The molecule has 0 saturated heterocycles. The molecule has 0 radical (unpaired) electrons. The second-order valence-electron chi connectivity index (χ2n) is 1.85. The summed E-state index contributed by atoms with van der Waals surface area (Å²) in [5.41, 5.74) is 0. The van der Waals surface area contributed by atoms with Crippen LogP contribution >= 0.6 is 0 Å². The van der Waals surface area contributed by atoms with Gasteiger partial charge in [-0.3, -0.25) is 9.63 Å². The Hall–Kier alpha value is -0.660. The summed E-state index contributed by atoms with van der Waals surface area (Å²) in [6, 6.07) is 0. The van der Waals surface area contributed by atoms with E-state index in [9.17, 15) is 13.2 Å². The van der Waals surface area contributed by atoms with Crippen molar-refractivity contribution in [1.82, 2.24) is 4.89 Å². The summed E-state index contributed by atoms with van der Waals surface area (Å²) in [6.07, 6.45) is 0. The van der Waals surface area contributed by atoms with Gasteiger partial charge in [0, 0.05) is 0 Å². The number of carbonyl (C=O) groups excluding carboxylic acids is 1. The standard InChI is InChI=1S/C5H11NO5S/c1-3-11-6-12(8,9)4-5(7)10-2/h6H,3-4H2,1-2H3. The van der Waals surface area contributed by atoms with Gasteiger partial charge in [0.2, 0.25) is 10.0 Å². The molecule has 12 heavy (non-hydrogen) atoms. The van der Waals surface area contributed by atoms with E-state index in [0.717, 1.165) is 7.11 Å². The first-order chi connectivity index (χ1) is 5.52. The largest absolute Gasteiger partial charge is 0.468 e. The van der Waals surface area contributed by atoms with Crippen LogP contribution in [0.1, 0.15) is 6.92 Å². The molecule has 0 aromatic rings. The molecular weight excluding hydrogens is 186 g/mol. The molecule has 0 fully saturated rings. The molecule has 0 aliphatic carbocycles. The lowest BCUT2D eigenvalue weighted by atomic mass is 10.8. The van der Waals surface area contributed by atoms with Crippen molar-refractivity contribution in [3.8, 4) is 0 Å². The maximum absolute atomic E-state index is 10.8. The Morgan fingerprint density at radius 2 is 2.08 bits per heavy atom. The lowest BCUT2D eigenvalue weighted by Crippen LogP contribution is -2.30. The lowest BCUT2D eigenvalue weighted by Gasteiger charge is -2.03. The topological polar surface area (TPSA) is 81.7 Å². The van der Waals surface area contributed by atoms with E-state index < -0.39 is 21.7 Å². The number of hydrogen-bond donors (Lipinski definition) is 1.